The molecule has 126 valence electrons. The lowest BCUT2D eigenvalue weighted by molar-refractivity contribution is 0.0508. The minimum Gasteiger partial charge on any atom is -0.494 e. The smallest absolute Gasteiger partial charge is 0.365 e. The molecule has 0 radical (unpaired) electrons. The van der Waals surface area contributed by atoms with E-state index in [1.54, 1.807) is 24.3 Å². The van der Waals surface area contributed by atoms with E-state index in [0.29, 0.717) is 24.1 Å². The summed E-state index contributed by atoms with van der Waals surface area (Å²) < 4.78 is 5.50. The minimum absolute atomic E-state index is 0.300. The van der Waals surface area contributed by atoms with Gasteiger partial charge in [-0.1, -0.05) is 19.0 Å². The third-order valence-corrected chi connectivity index (χ3v) is 4.20. The van der Waals surface area contributed by atoms with Crippen molar-refractivity contribution in [1.82, 2.24) is 4.90 Å². The number of piperidine rings is 1. The van der Waals surface area contributed by atoms with E-state index >= 15 is 0 Å². The fourth-order valence-electron chi connectivity index (χ4n) is 2.56. The predicted molar refractivity (Wildman–Crippen MR) is 91.0 cm³/mol. The monoisotopic (exact) mass is 318 g/mol. The molecule has 0 unspecified atom stereocenters. The van der Waals surface area contributed by atoms with Crippen LogP contribution < -0.4 is 4.74 Å². The molecule has 0 amide bonds. The first-order chi connectivity index (χ1) is 11.0. The molecule has 1 aliphatic rings. The van der Waals surface area contributed by atoms with Gasteiger partial charge in [0, 0.05) is 24.9 Å². The van der Waals surface area contributed by atoms with E-state index in [-0.39, 0.29) is 0 Å². The highest BCUT2D eigenvalue weighted by molar-refractivity contribution is 5.92. The molecule has 0 aromatic heterocycles. The fourth-order valence-corrected chi connectivity index (χ4v) is 2.56. The van der Waals surface area contributed by atoms with Gasteiger partial charge in [0.1, 0.15) is 5.75 Å². The maximum absolute atomic E-state index is 12.1. The Labute approximate surface area is 138 Å². The van der Waals surface area contributed by atoms with Gasteiger partial charge in [0.05, 0.1) is 17.9 Å². The maximum atomic E-state index is 12.1. The van der Waals surface area contributed by atoms with Crippen LogP contribution in [0.3, 0.4) is 0 Å². The molecule has 5 nitrogen and oxygen atoms in total. The Kier molecular flexibility index (Phi) is 6.16. The van der Waals surface area contributed by atoms with E-state index in [1.807, 2.05) is 0 Å². The summed E-state index contributed by atoms with van der Waals surface area (Å²) in [5.74, 6) is 0.625. The Bertz CT molecular complexity index is 554. The largest absolute Gasteiger partial charge is 0.494 e. The Morgan fingerprint density at radius 1 is 1.30 bits per heavy atom. The minimum atomic E-state index is -0.432. The quantitative estimate of drug-likeness (QED) is 0.617. The molecule has 1 fully saturated rings. The van der Waals surface area contributed by atoms with E-state index in [9.17, 15) is 4.79 Å². The second-order valence-electron chi connectivity index (χ2n) is 6.23. The van der Waals surface area contributed by atoms with Crippen molar-refractivity contribution in [3.05, 3.63) is 29.8 Å². The molecule has 1 aliphatic heterocycles. The van der Waals surface area contributed by atoms with Gasteiger partial charge in [-0.25, -0.2) is 4.79 Å². The zero-order chi connectivity index (χ0) is 16.8. The molecule has 0 spiro atoms. The normalized spacial score (nSPS) is 23.7. The molecule has 1 aromatic carbocycles. The van der Waals surface area contributed by atoms with Crippen LogP contribution in [0.4, 0.5) is 0 Å². The average molecular weight is 318 g/mol. The molecule has 0 aliphatic carbocycles. The Morgan fingerprint density at radius 2 is 2.00 bits per heavy atom. The summed E-state index contributed by atoms with van der Waals surface area (Å²) in [6, 6.07) is 7.38. The SMILES string of the molecule is CCCOc1ccc(C(=O)ON=C2C[C@@H](C)N(C)C[C@H]2C)cc1. The Morgan fingerprint density at radius 3 is 2.65 bits per heavy atom. The Hall–Kier alpha value is -1.88. The van der Waals surface area contributed by atoms with Crippen LogP contribution in [0, 0.1) is 5.92 Å². The maximum Gasteiger partial charge on any atom is 0.365 e. The van der Waals surface area contributed by atoms with Gasteiger partial charge < -0.3 is 14.5 Å². The molecule has 0 bridgehead atoms. The topological polar surface area (TPSA) is 51.1 Å². The summed E-state index contributed by atoms with van der Waals surface area (Å²) in [6.07, 6.45) is 1.78. The predicted octanol–water partition coefficient (Wildman–Crippen LogP) is 3.35. The average Bonchev–Trinajstić information content (AvgIpc) is 2.55. The molecular weight excluding hydrogens is 292 g/mol. The molecular formula is C18H26N2O3. The zero-order valence-electron chi connectivity index (χ0n) is 14.4. The number of rotatable bonds is 5. The number of benzene rings is 1. The van der Waals surface area contributed by atoms with Crippen LogP contribution in [-0.2, 0) is 4.84 Å². The van der Waals surface area contributed by atoms with Gasteiger partial charge in [0.2, 0.25) is 0 Å². The van der Waals surface area contributed by atoms with Gasteiger partial charge in [0.15, 0.2) is 0 Å². The third-order valence-electron chi connectivity index (χ3n) is 4.20. The van der Waals surface area contributed by atoms with Crippen molar-refractivity contribution in [3.63, 3.8) is 0 Å². The molecule has 2 rings (SSSR count). The van der Waals surface area contributed by atoms with Crippen molar-refractivity contribution in [2.45, 2.75) is 39.7 Å². The van der Waals surface area contributed by atoms with Gasteiger partial charge in [-0.3, -0.25) is 0 Å². The molecule has 1 aromatic rings. The summed E-state index contributed by atoms with van der Waals surface area (Å²) in [5, 5.41) is 4.11. The van der Waals surface area contributed by atoms with E-state index < -0.39 is 5.97 Å². The number of likely N-dealkylation sites (tertiary alicyclic amines) is 1. The number of carbonyl (C=O) groups is 1. The van der Waals surface area contributed by atoms with Crippen LogP contribution in [0.15, 0.2) is 29.4 Å². The number of hydrogen-bond donors (Lipinski definition) is 0. The summed E-state index contributed by atoms with van der Waals surface area (Å²) in [6.45, 7) is 7.91. The van der Waals surface area contributed by atoms with Crippen LogP contribution in [0.2, 0.25) is 0 Å². The van der Waals surface area contributed by atoms with Gasteiger partial charge in [-0.15, -0.1) is 0 Å². The first-order valence-corrected chi connectivity index (χ1v) is 8.22. The van der Waals surface area contributed by atoms with E-state index in [1.165, 1.54) is 0 Å². The van der Waals surface area contributed by atoms with Crippen molar-refractivity contribution >= 4 is 11.7 Å². The second-order valence-corrected chi connectivity index (χ2v) is 6.23. The van der Waals surface area contributed by atoms with Crippen molar-refractivity contribution in [2.24, 2.45) is 11.1 Å². The standard InChI is InChI=1S/C18H26N2O3/c1-5-10-22-16-8-6-15(7-9-16)18(21)23-19-17-11-14(3)20(4)12-13(17)2/h6-9,13-14H,5,10-12H2,1-4H3/t13-,14-/m1/s1. The highest BCUT2D eigenvalue weighted by Crippen LogP contribution is 2.19. The number of hydrogen-bond acceptors (Lipinski definition) is 5. The van der Waals surface area contributed by atoms with Crippen molar-refractivity contribution in [2.75, 3.05) is 20.2 Å². The summed E-state index contributed by atoms with van der Waals surface area (Å²) in [7, 11) is 2.10. The molecule has 2 atom stereocenters. The highest BCUT2D eigenvalue weighted by Gasteiger charge is 2.26. The highest BCUT2D eigenvalue weighted by atomic mass is 16.7. The lowest BCUT2D eigenvalue weighted by Gasteiger charge is -2.34. The number of oxime groups is 1. The van der Waals surface area contributed by atoms with Crippen LogP contribution in [0.5, 0.6) is 5.75 Å². The first kappa shape index (κ1) is 17.5. The second kappa shape index (κ2) is 8.11. The van der Waals surface area contributed by atoms with Gasteiger partial charge in [-0.2, -0.15) is 0 Å². The van der Waals surface area contributed by atoms with Gasteiger partial charge in [0.25, 0.3) is 0 Å². The van der Waals surface area contributed by atoms with Gasteiger partial charge in [-0.05, 0) is 44.7 Å². The zero-order valence-corrected chi connectivity index (χ0v) is 14.4. The Balaban J connectivity index is 1.95. The molecule has 1 saturated heterocycles. The van der Waals surface area contributed by atoms with Crippen molar-refractivity contribution < 1.29 is 14.4 Å². The van der Waals surface area contributed by atoms with Crippen LogP contribution in [0.1, 0.15) is 44.0 Å². The molecule has 0 N–H and O–H groups in total. The lowest BCUT2D eigenvalue weighted by atomic mass is 9.93. The number of nitrogens with zero attached hydrogens (tertiary/aromatic N) is 2. The molecule has 23 heavy (non-hydrogen) atoms. The van der Waals surface area contributed by atoms with E-state index in [4.69, 9.17) is 9.57 Å². The van der Waals surface area contributed by atoms with E-state index in [0.717, 1.165) is 30.8 Å². The van der Waals surface area contributed by atoms with Crippen molar-refractivity contribution in [1.29, 1.82) is 0 Å². The van der Waals surface area contributed by atoms with Crippen molar-refractivity contribution in [3.8, 4) is 5.75 Å². The van der Waals surface area contributed by atoms with Gasteiger partial charge >= 0.3 is 5.97 Å². The molecule has 5 heteroatoms. The lowest BCUT2D eigenvalue weighted by Crippen LogP contribution is -2.43. The number of carbonyl (C=O) groups excluding carboxylic acids is 1. The third kappa shape index (κ3) is 4.79. The molecule has 0 saturated carbocycles. The summed E-state index contributed by atoms with van der Waals surface area (Å²) in [4.78, 5) is 19.5. The first-order valence-electron chi connectivity index (χ1n) is 8.22. The molecule has 1 heterocycles. The van der Waals surface area contributed by atoms with Crippen LogP contribution in [0.25, 0.3) is 0 Å². The van der Waals surface area contributed by atoms with Crippen LogP contribution in [-0.4, -0.2) is 42.8 Å². The van der Waals surface area contributed by atoms with E-state index in [2.05, 4.69) is 37.9 Å². The fraction of sp³-hybridized carbons (Fsp3) is 0.556. The summed E-state index contributed by atoms with van der Waals surface area (Å²) in [5.41, 5.74) is 1.43. The van der Waals surface area contributed by atoms with Crippen LogP contribution >= 0.6 is 0 Å². The number of ether oxygens (including phenoxy) is 1. The summed E-state index contributed by atoms with van der Waals surface area (Å²) >= 11 is 0.